The molecule has 0 fully saturated rings. The van der Waals surface area contributed by atoms with Crippen LogP contribution in [0.3, 0.4) is 0 Å². The van der Waals surface area contributed by atoms with E-state index >= 15 is 0 Å². The molecule has 1 heterocycles. The molecule has 0 saturated carbocycles. The Morgan fingerprint density at radius 2 is 2.14 bits per heavy atom. The van der Waals surface area contributed by atoms with Crippen LogP contribution in [-0.2, 0) is 11.3 Å². The molecule has 6 heteroatoms. The van der Waals surface area contributed by atoms with Crippen molar-refractivity contribution in [2.45, 2.75) is 32.9 Å². The summed E-state index contributed by atoms with van der Waals surface area (Å²) in [6.45, 7) is 5.91. The van der Waals surface area contributed by atoms with Crippen LogP contribution in [0.2, 0.25) is 5.02 Å². The zero-order valence-corrected chi connectivity index (χ0v) is 15.3. The van der Waals surface area contributed by atoms with Crippen LogP contribution in [0.25, 0.3) is 10.9 Å². The molecule has 0 radical (unpaired) electrons. The Morgan fingerprint density at radius 3 is 2.77 bits per heavy atom. The van der Waals surface area contributed by atoms with Crippen LogP contribution in [0.5, 0.6) is 0 Å². The molecule has 1 aromatic heterocycles. The number of ether oxygens (including phenoxy) is 1. The summed E-state index contributed by atoms with van der Waals surface area (Å²) in [5.74, 6) is 0. The summed E-state index contributed by atoms with van der Waals surface area (Å²) < 4.78 is 6.24. The van der Waals surface area contributed by atoms with Crippen LogP contribution in [0.4, 0.5) is 4.79 Å². The Labute approximate surface area is 143 Å². The minimum Gasteiger partial charge on any atom is -0.444 e. The third-order valence-corrected chi connectivity index (χ3v) is 4.19. The molecular weight excluding hydrogens is 368 g/mol. The van der Waals surface area contributed by atoms with Crippen LogP contribution in [0, 0.1) is 0 Å². The minimum absolute atomic E-state index is 0.373. The average molecular weight is 386 g/mol. The number of nitrogens with zero attached hydrogens (tertiary/aromatic N) is 2. The molecule has 22 heavy (non-hydrogen) atoms. The van der Waals surface area contributed by atoms with E-state index in [1.807, 2.05) is 39.0 Å². The molecule has 0 unspecified atom stereocenters. The molecule has 0 aliphatic rings. The van der Waals surface area contributed by atoms with E-state index in [1.165, 1.54) is 4.90 Å². The van der Waals surface area contributed by atoms with E-state index in [1.54, 1.807) is 13.2 Å². The van der Waals surface area contributed by atoms with Gasteiger partial charge in [-0.15, -0.1) is 0 Å². The number of hydrogen-bond donors (Lipinski definition) is 0. The zero-order valence-electron chi connectivity index (χ0n) is 13.0. The van der Waals surface area contributed by atoms with Crippen molar-refractivity contribution in [2.24, 2.45) is 0 Å². The molecule has 118 valence electrons. The topological polar surface area (TPSA) is 42.4 Å². The third kappa shape index (κ3) is 3.90. The van der Waals surface area contributed by atoms with Gasteiger partial charge in [0.05, 0.1) is 10.5 Å². The first-order valence-corrected chi connectivity index (χ1v) is 8.02. The van der Waals surface area contributed by atoms with E-state index in [2.05, 4.69) is 20.9 Å². The average Bonchev–Trinajstić information content (AvgIpc) is 2.42. The van der Waals surface area contributed by atoms with E-state index in [0.717, 1.165) is 20.9 Å². The quantitative estimate of drug-likeness (QED) is 0.729. The molecule has 0 atom stereocenters. The number of carbonyl (C=O) groups excluding carboxylic acids is 1. The third-order valence-electron chi connectivity index (χ3n) is 2.97. The van der Waals surface area contributed by atoms with Gasteiger partial charge in [0.2, 0.25) is 0 Å². The molecule has 2 rings (SSSR count). The Kier molecular flexibility index (Phi) is 4.97. The Hall–Kier alpha value is -1.33. The molecule has 4 nitrogen and oxygen atoms in total. The molecule has 1 amide bonds. The molecule has 0 spiro atoms. The highest BCUT2D eigenvalue weighted by molar-refractivity contribution is 9.10. The smallest absolute Gasteiger partial charge is 0.410 e. The van der Waals surface area contributed by atoms with Gasteiger partial charge >= 0.3 is 6.09 Å². The monoisotopic (exact) mass is 384 g/mol. The van der Waals surface area contributed by atoms with E-state index in [4.69, 9.17) is 16.3 Å². The number of pyridine rings is 1. The largest absolute Gasteiger partial charge is 0.444 e. The van der Waals surface area contributed by atoms with E-state index in [9.17, 15) is 4.79 Å². The number of benzene rings is 1. The molecule has 0 bridgehead atoms. The SMILES string of the molecule is CN(Cc1cc(Cl)c2ncccc2c1Br)C(=O)OC(C)(C)C. The normalized spacial score (nSPS) is 11.5. The molecule has 0 N–H and O–H groups in total. The number of aromatic nitrogens is 1. The lowest BCUT2D eigenvalue weighted by Crippen LogP contribution is -2.33. The minimum atomic E-state index is -0.520. The second-order valence-corrected chi connectivity index (χ2v) is 7.27. The van der Waals surface area contributed by atoms with Gasteiger partial charge in [-0.2, -0.15) is 0 Å². The van der Waals surface area contributed by atoms with Gasteiger partial charge in [-0.3, -0.25) is 4.98 Å². The molecule has 0 aliphatic carbocycles. The Bertz CT molecular complexity index is 713. The fourth-order valence-corrected chi connectivity index (χ4v) is 2.85. The van der Waals surface area contributed by atoms with E-state index in [-0.39, 0.29) is 6.09 Å². The number of carbonyl (C=O) groups is 1. The first-order valence-electron chi connectivity index (χ1n) is 6.85. The summed E-state index contributed by atoms with van der Waals surface area (Å²) >= 11 is 9.86. The molecule has 2 aromatic rings. The summed E-state index contributed by atoms with van der Waals surface area (Å²) in [7, 11) is 1.70. The summed E-state index contributed by atoms with van der Waals surface area (Å²) in [6, 6.07) is 5.61. The van der Waals surface area contributed by atoms with Crippen molar-refractivity contribution < 1.29 is 9.53 Å². The maximum Gasteiger partial charge on any atom is 0.410 e. The lowest BCUT2D eigenvalue weighted by atomic mass is 10.1. The lowest BCUT2D eigenvalue weighted by molar-refractivity contribution is 0.0285. The summed E-state index contributed by atoms with van der Waals surface area (Å²) in [5, 5.41) is 1.48. The first kappa shape index (κ1) is 17.0. The molecular formula is C16H18BrClN2O2. The number of hydrogen-bond acceptors (Lipinski definition) is 3. The van der Waals surface area contributed by atoms with Crippen molar-refractivity contribution in [3.63, 3.8) is 0 Å². The number of amides is 1. The van der Waals surface area contributed by atoms with Crippen LogP contribution < -0.4 is 0 Å². The molecule has 1 aromatic carbocycles. The second-order valence-electron chi connectivity index (χ2n) is 6.07. The van der Waals surface area contributed by atoms with Crippen LogP contribution in [0.1, 0.15) is 26.3 Å². The van der Waals surface area contributed by atoms with Crippen molar-refractivity contribution in [1.29, 1.82) is 0 Å². The van der Waals surface area contributed by atoms with Gasteiger partial charge in [0.15, 0.2) is 0 Å². The van der Waals surface area contributed by atoms with Crippen molar-refractivity contribution >= 4 is 44.5 Å². The zero-order chi connectivity index (χ0) is 16.5. The van der Waals surface area contributed by atoms with Gasteiger partial charge in [-0.05, 0) is 54.4 Å². The fourth-order valence-electron chi connectivity index (χ4n) is 2.01. The predicted molar refractivity (Wildman–Crippen MR) is 92.2 cm³/mol. The summed E-state index contributed by atoms with van der Waals surface area (Å²) in [4.78, 5) is 17.9. The second kappa shape index (κ2) is 6.42. The van der Waals surface area contributed by atoms with Crippen LogP contribution in [0.15, 0.2) is 28.9 Å². The summed E-state index contributed by atoms with van der Waals surface area (Å²) in [5.41, 5.74) is 1.12. The lowest BCUT2D eigenvalue weighted by Gasteiger charge is -2.25. The highest BCUT2D eigenvalue weighted by atomic mass is 79.9. The Morgan fingerprint density at radius 1 is 1.45 bits per heavy atom. The first-order chi connectivity index (χ1) is 10.2. The van der Waals surface area contributed by atoms with Crippen LogP contribution in [-0.4, -0.2) is 28.6 Å². The molecule has 0 saturated heterocycles. The standard InChI is InChI=1S/C16H18BrClN2O2/c1-16(2,3)22-15(21)20(4)9-10-8-12(18)14-11(13(10)17)6-5-7-19-14/h5-8H,9H2,1-4H3. The van der Waals surface area contributed by atoms with Gasteiger partial charge in [-0.25, -0.2) is 4.79 Å². The van der Waals surface area contributed by atoms with Gasteiger partial charge in [-0.1, -0.05) is 17.7 Å². The number of rotatable bonds is 2. The van der Waals surface area contributed by atoms with Crippen molar-refractivity contribution in [3.05, 3.63) is 39.5 Å². The predicted octanol–water partition coefficient (Wildman–Crippen LogP) is 5.02. The molecule has 0 aliphatic heterocycles. The van der Waals surface area contributed by atoms with Gasteiger partial charge in [0.25, 0.3) is 0 Å². The Balaban J connectivity index is 2.28. The van der Waals surface area contributed by atoms with Crippen LogP contribution >= 0.6 is 27.5 Å². The summed E-state index contributed by atoms with van der Waals surface area (Å²) in [6.07, 6.45) is 1.33. The fraction of sp³-hybridized carbons (Fsp3) is 0.375. The highest BCUT2D eigenvalue weighted by Gasteiger charge is 2.21. The maximum absolute atomic E-state index is 12.1. The van der Waals surface area contributed by atoms with Crippen molar-refractivity contribution in [2.75, 3.05) is 7.05 Å². The highest BCUT2D eigenvalue weighted by Crippen LogP contribution is 2.32. The maximum atomic E-state index is 12.1. The van der Waals surface area contributed by atoms with Crippen molar-refractivity contribution in [1.82, 2.24) is 9.88 Å². The van der Waals surface area contributed by atoms with Gasteiger partial charge in [0, 0.05) is 29.6 Å². The van der Waals surface area contributed by atoms with E-state index < -0.39 is 5.60 Å². The van der Waals surface area contributed by atoms with Crippen molar-refractivity contribution in [3.8, 4) is 0 Å². The van der Waals surface area contributed by atoms with E-state index in [0.29, 0.717) is 11.6 Å². The number of halogens is 2. The van der Waals surface area contributed by atoms with Gasteiger partial charge in [0.1, 0.15) is 5.60 Å². The van der Waals surface area contributed by atoms with Gasteiger partial charge < -0.3 is 9.64 Å². The number of fused-ring (bicyclic) bond motifs is 1.